The molecule has 26 heavy (non-hydrogen) atoms. The second-order valence-electron chi connectivity index (χ2n) is 11.7. The normalized spacial score (nSPS) is 78.9. The van der Waals surface area contributed by atoms with Gasteiger partial charge in [0.15, 0.2) is 12.6 Å². The molecule has 0 aromatic heterocycles. The number of ether oxygens (including phenoxy) is 2. The fourth-order valence-corrected chi connectivity index (χ4v) is 11.8. The van der Waals surface area contributed by atoms with E-state index < -0.39 is 12.6 Å². The van der Waals surface area contributed by atoms with E-state index in [4.69, 9.17) is 9.47 Å². The Morgan fingerprint density at radius 1 is 0.615 bits per heavy atom. The van der Waals surface area contributed by atoms with Gasteiger partial charge in [0.1, 0.15) is 0 Å². The first kappa shape index (κ1) is 14.8. The van der Waals surface area contributed by atoms with E-state index in [1.807, 2.05) is 0 Å². The number of hydrogen-bond donors (Lipinski definition) is 2. The van der Waals surface area contributed by atoms with E-state index in [9.17, 15) is 10.2 Å². The smallest absolute Gasteiger partial charge is 0.160 e. The molecule has 2 N–H and O–H groups in total. The molecule has 0 bridgehead atoms. The van der Waals surface area contributed by atoms with Crippen LogP contribution in [0.3, 0.4) is 0 Å². The minimum absolute atomic E-state index is 0.0724. The van der Waals surface area contributed by atoms with Gasteiger partial charge < -0.3 is 19.7 Å². The van der Waals surface area contributed by atoms with Crippen molar-refractivity contribution in [1.82, 2.24) is 0 Å². The average Bonchev–Trinajstić information content (AvgIpc) is 3.34. The number of fused-ring (bicyclic) bond motifs is 4. The van der Waals surface area contributed by atoms with Crippen LogP contribution < -0.4 is 0 Å². The molecule has 142 valence electrons. The van der Waals surface area contributed by atoms with Gasteiger partial charge in [0.05, 0.1) is 12.2 Å². The van der Waals surface area contributed by atoms with Crippen molar-refractivity contribution in [1.29, 1.82) is 0 Å². The summed E-state index contributed by atoms with van der Waals surface area (Å²) in [6.07, 6.45) is 3.99. The third-order valence-corrected chi connectivity index (χ3v) is 11.8. The minimum atomic E-state index is -0.585. The highest BCUT2D eigenvalue weighted by Gasteiger charge is 2.87. The van der Waals surface area contributed by atoms with E-state index in [0.717, 1.165) is 12.8 Å². The van der Waals surface area contributed by atoms with Crippen molar-refractivity contribution in [2.24, 2.45) is 70.0 Å². The van der Waals surface area contributed by atoms with E-state index in [0.29, 0.717) is 59.2 Å². The third-order valence-electron chi connectivity index (χ3n) is 11.8. The molecule has 8 fully saturated rings. The zero-order valence-corrected chi connectivity index (χ0v) is 15.6. The van der Waals surface area contributed by atoms with Crippen molar-refractivity contribution in [3.05, 3.63) is 0 Å². The quantitative estimate of drug-likeness (QED) is 0.697. The van der Waals surface area contributed by atoms with E-state index in [1.54, 1.807) is 0 Å². The SMILES string of the molecule is C[C@@]12C3C4CCC5O[C@H](O)[C@@]6(C)C7C8CCC(O[C@@H]1O)C8C2C7C3C6C54. The molecule has 6 saturated carbocycles. The van der Waals surface area contributed by atoms with E-state index in [2.05, 4.69) is 13.8 Å². The van der Waals surface area contributed by atoms with Crippen molar-refractivity contribution < 1.29 is 19.7 Å². The van der Waals surface area contributed by atoms with Crippen LogP contribution in [0.25, 0.3) is 0 Å². The maximum absolute atomic E-state index is 11.3. The van der Waals surface area contributed by atoms with Crippen molar-refractivity contribution in [3.8, 4) is 0 Å². The predicted molar refractivity (Wildman–Crippen MR) is 91.3 cm³/mol. The van der Waals surface area contributed by atoms with Crippen LogP contribution >= 0.6 is 0 Å². The maximum atomic E-state index is 11.3. The first-order valence-electron chi connectivity index (χ1n) is 11.2. The lowest BCUT2D eigenvalue weighted by molar-refractivity contribution is -0.277. The monoisotopic (exact) mass is 358 g/mol. The molecule has 6 aliphatic carbocycles. The summed E-state index contributed by atoms with van der Waals surface area (Å²) in [7, 11) is 0. The van der Waals surface area contributed by atoms with Crippen LogP contribution in [0.1, 0.15) is 39.5 Å². The molecule has 0 spiro atoms. The molecule has 2 aliphatic heterocycles. The van der Waals surface area contributed by atoms with Gasteiger partial charge in [-0.1, -0.05) is 13.8 Å². The fourth-order valence-electron chi connectivity index (χ4n) is 11.8. The Hall–Kier alpha value is -0.160. The van der Waals surface area contributed by atoms with Crippen molar-refractivity contribution in [2.75, 3.05) is 0 Å². The second kappa shape index (κ2) is 3.94. The van der Waals surface area contributed by atoms with Crippen molar-refractivity contribution in [2.45, 2.75) is 64.3 Å². The van der Waals surface area contributed by atoms with E-state index in [1.165, 1.54) is 12.8 Å². The summed E-state index contributed by atoms with van der Waals surface area (Å²) < 4.78 is 12.7. The van der Waals surface area contributed by atoms with Crippen LogP contribution in [0.4, 0.5) is 0 Å². The molecule has 8 rings (SSSR count). The second-order valence-corrected chi connectivity index (χ2v) is 11.7. The summed E-state index contributed by atoms with van der Waals surface area (Å²) in [6, 6.07) is 0. The van der Waals surface area contributed by atoms with Crippen molar-refractivity contribution in [3.63, 3.8) is 0 Å². The van der Waals surface area contributed by atoms with Crippen LogP contribution in [0.5, 0.6) is 0 Å². The largest absolute Gasteiger partial charge is 0.367 e. The highest BCUT2D eigenvalue weighted by molar-refractivity contribution is 5.32. The molecule has 4 heteroatoms. The van der Waals surface area contributed by atoms with Gasteiger partial charge in [-0.05, 0) is 84.9 Å². The summed E-state index contributed by atoms with van der Waals surface area (Å²) in [4.78, 5) is 0. The molecule has 12 unspecified atom stereocenters. The van der Waals surface area contributed by atoms with Crippen LogP contribution in [0.15, 0.2) is 0 Å². The van der Waals surface area contributed by atoms with Gasteiger partial charge in [0.2, 0.25) is 0 Å². The lowest BCUT2D eigenvalue weighted by Gasteiger charge is -2.52. The molecular weight excluding hydrogens is 328 g/mol. The Morgan fingerprint density at radius 2 is 1.04 bits per heavy atom. The predicted octanol–water partition coefficient (Wildman–Crippen LogP) is 2.24. The summed E-state index contributed by atoms with van der Waals surface area (Å²) in [6.45, 7) is 4.77. The number of aliphatic hydroxyl groups is 2. The van der Waals surface area contributed by atoms with E-state index >= 15 is 0 Å². The molecule has 0 aromatic rings. The maximum Gasteiger partial charge on any atom is 0.160 e. The average molecular weight is 358 g/mol. The fraction of sp³-hybridized carbons (Fsp3) is 1.00. The van der Waals surface area contributed by atoms with Gasteiger partial charge in [0.25, 0.3) is 0 Å². The third kappa shape index (κ3) is 1.11. The topological polar surface area (TPSA) is 58.9 Å². The van der Waals surface area contributed by atoms with Crippen LogP contribution in [-0.4, -0.2) is 35.0 Å². The van der Waals surface area contributed by atoms with Gasteiger partial charge in [-0.3, -0.25) is 0 Å². The molecule has 16 atom stereocenters. The summed E-state index contributed by atoms with van der Waals surface area (Å²) in [5, 5.41) is 22.5. The lowest BCUT2D eigenvalue weighted by atomic mass is 9.61. The lowest BCUT2D eigenvalue weighted by Crippen LogP contribution is -2.55. The van der Waals surface area contributed by atoms with Crippen LogP contribution in [0, 0.1) is 70.0 Å². The Labute approximate surface area is 154 Å². The zero-order chi connectivity index (χ0) is 17.3. The first-order chi connectivity index (χ1) is 12.5. The molecule has 2 saturated heterocycles. The molecule has 0 radical (unpaired) electrons. The number of rotatable bonds is 0. The van der Waals surface area contributed by atoms with Crippen LogP contribution in [-0.2, 0) is 9.47 Å². The molecule has 4 nitrogen and oxygen atoms in total. The summed E-state index contributed by atoms with van der Waals surface area (Å²) in [5.41, 5.74) is -0.145. The van der Waals surface area contributed by atoms with Gasteiger partial charge >= 0.3 is 0 Å². The van der Waals surface area contributed by atoms with Gasteiger partial charge in [0, 0.05) is 10.8 Å². The number of aliphatic hydroxyl groups excluding tert-OH is 2. The Morgan fingerprint density at radius 3 is 1.46 bits per heavy atom. The summed E-state index contributed by atoms with van der Waals surface area (Å²) in [5.74, 6) is 6.34. The number of hydrogen-bond acceptors (Lipinski definition) is 4. The van der Waals surface area contributed by atoms with E-state index in [-0.39, 0.29) is 23.0 Å². The Bertz CT molecular complexity index is 665. The minimum Gasteiger partial charge on any atom is -0.367 e. The van der Waals surface area contributed by atoms with Gasteiger partial charge in [-0.2, -0.15) is 0 Å². The van der Waals surface area contributed by atoms with Crippen LogP contribution in [0.2, 0.25) is 0 Å². The molecule has 0 aromatic carbocycles. The molecular formula is C22H30O4. The highest BCUT2D eigenvalue weighted by atomic mass is 16.6. The molecule has 0 amide bonds. The summed E-state index contributed by atoms with van der Waals surface area (Å²) >= 11 is 0. The standard InChI is InChI=1S/C22H30O4/c1-21-15-7-3-5-10-12(7)18-13(15)14-16(22(18,2)20(24)26-10)8-4-6-9(25-19(21)23)11(8)17(14)21/h7-20,23-24H,3-6H2,1-2H3/t7?,8?,9?,10?,11?,12?,13?,14?,15?,16?,17?,18?,19-,20-,21-,22-/m0/s1. The Balaban J connectivity index is 1.43. The van der Waals surface area contributed by atoms with Gasteiger partial charge in [-0.25, -0.2) is 0 Å². The molecule has 2 heterocycles. The zero-order valence-electron chi connectivity index (χ0n) is 15.6. The van der Waals surface area contributed by atoms with Crippen molar-refractivity contribution >= 4 is 0 Å². The first-order valence-corrected chi connectivity index (χ1v) is 11.2. The van der Waals surface area contributed by atoms with Gasteiger partial charge in [-0.15, -0.1) is 0 Å². The molecule has 8 aliphatic rings. The Kier molecular flexibility index (Phi) is 2.24. The highest BCUT2D eigenvalue weighted by Crippen LogP contribution is 2.87.